The first-order chi connectivity index (χ1) is 7.40. The van der Waals surface area contributed by atoms with Crippen molar-refractivity contribution in [1.29, 1.82) is 0 Å². The van der Waals surface area contributed by atoms with Crippen LogP contribution in [0, 0.1) is 0 Å². The SMILES string of the molecule is OCCN(CCn1ccnc1)C1CCC1. The van der Waals surface area contributed by atoms with Crippen molar-refractivity contribution in [2.45, 2.75) is 31.8 Å². The highest BCUT2D eigenvalue weighted by Crippen LogP contribution is 2.24. The molecule has 0 aromatic carbocycles. The molecule has 0 aliphatic heterocycles. The quantitative estimate of drug-likeness (QED) is 0.751. The molecule has 84 valence electrons. The summed E-state index contributed by atoms with van der Waals surface area (Å²) in [6.45, 7) is 3.05. The van der Waals surface area contributed by atoms with Crippen LogP contribution in [-0.2, 0) is 6.54 Å². The Morgan fingerprint density at radius 2 is 2.27 bits per heavy atom. The molecule has 4 heteroatoms. The Morgan fingerprint density at radius 3 is 2.80 bits per heavy atom. The van der Waals surface area contributed by atoms with Gasteiger partial charge in [0.2, 0.25) is 0 Å². The Morgan fingerprint density at radius 1 is 1.40 bits per heavy atom. The van der Waals surface area contributed by atoms with E-state index in [9.17, 15) is 0 Å². The van der Waals surface area contributed by atoms with E-state index in [0.717, 1.165) is 19.6 Å². The van der Waals surface area contributed by atoms with Gasteiger partial charge in [0.25, 0.3) is 0 Å². The second-order valence-corrected chi connectivity index (χ2v) is 4.14. The molecule has 2 rings (SSSR count). The summed E-state index contributed by atoms with van der Waals surface area (Å²) in [5, 5.41) is 9.00. The molecule has 4 nitrogen and oxygen atoms in total. The molecular weight excluding hydrogens is 190 g/mol. The van der Waals surface area contributed by atoms with Gasteiger partial charge in [-0.1, -0.05) is 6.42 Å². The first kappa shape index (κ1) is 10.6. The summed E-state index contributed by atoms with van der Waals surface area (Å²) in [6, 6.07) is 0.709. The predicted molar refractivity (Wildman–Crippen MR) is 58.5 cm³/mol. The largest absolute Gasteiger partial charge is 0.395 e. The smallest absolute Gasteiger partial charge is 0.0946 e. The molecule has 1 fully saturated rings. The molecule has 0 spiro atoms. The zero-order valence-corrected chi connectivity index (χ0v) is 9.05. The molecule has 1 aliphatic carbocycles. The van der Waals surface area contributed by atoms with Crippen LogP contribution in [0.2, 0.25) is 0 Å². The number of aromatic nitrogens is 2. The van der Waals surface area contributed by atoms with E-state index in [4.69, 9.17) is 5.11 Å². The first-order valence-corrected chi connectivity index (χ1v) is 5.71. The van der Waals surface area contributed by atoms with Crippen LogP contribution >= 0.6 is 0 Å². The number of rotatable bonds is 6. The number of hydrogen-bond acceptors (Lipinski definition) is 3. The molecule has 0 saturated heterocycles. The number of imidazole rings is 1. The van der Waals surface area contributed by atoms with Gasteiger partial charge < -0.3 is 9.67 Å². The fraction of sp³-hybridized carbons (Fsp3) is 0.727. The second-order valence-electron chi connectivity index (χ2n) is 4.14. The van der Waals surface area contributed by atoms with Gasteiger partial charge in [0.15, 0.2) is 0 Å². The maximum absolute atomic E-state index is 9.00. The Bertz CT molecular complexity index is 269. The van der Waals surface area contributed by atoms with E-state index < -0.39 is 0 Å². The molecule has 0 radical (unpaired) electrons. The summed E-state index contributed by atoms with van der Waals surface area (Å²) in [4.78, 5) is 6.41. The van der Waals surface area contributed by atoms with Gasteiger partial charge in [0, 0.05) is 38.1 Å². The molecule has 1 aromatic heterocycles. The maximum Gasteiger partial charge on any atom is 0.0946 e. The molecule has 1 aromatic rings. The van der Waals surface area contributed by atoms with E-state index in [1.165, 1.54) is 19.3 Å². The summed E-state index contributed by atoms with van der Waals surface area (Å²) in [5.74, 6) is 0. The van der Waals surface area contributed by atoms with E-state index in [2.05, 4.69) is 14.5 Å². The Labute approximate surface area is 90.5 Å². The lowest BCUT2D eigenvalue weighted by Crippen LogP contribution is -2.43. The van der Waals surface area contributed by atoms with Crippen molar-refractivity contribution >= 4 is 0 Å². The van der Waals surface area contributed by atoms with Gasteiger partial charge in [-0.3, -0.25) is 4.90 Å². The Kier molecular flexibility index (Phi) is 3.75. The van der Waals surface area contributed by atoms with E-state index in [1.54, 1.807) is 6.20 Å². The van der Waals surface area contributed by atoms with Gasteiger partial charge in [0.05, 0.1) is 12.9 Å². The third-order valence-corrected chi connectivity index (χ3v) is 3.18. The lowest BCUT2D eigenvalue weighted by Gasteiger charge is -2.37. The van der Waals surface area contributed by atoms with Crippen LogP contribution in [0.3, 0.4) is 0 Å². The monoisotopic (exact) mass is 209 g/mol. The van der Waals surface area contributed by atoms with Crippen molar-refractivity contribution in [3.63, 3.8) is 0 Å². The second kappa shape index (κ2) is 5.28. The molecule has 1 N–H and O–H groups in total. The third kappa shape index (κ3) is 2.79. The molecule has 0 amide bonds. The molecule has 1 saturated carbocycles. The lowest BCUT2D eigenvalue weighted by molar-refractivity contribution is 0.0977. The summed E-state index contributed by atoms with van der Waals surface area (Å²) in [5.41, 5.74) is 0. The zero-order valence-electron chi connectivity index (χ0n) is 9.05. The minimum Gasteiger partial charge on any atom is -0.395 e. The van der Waals surface area contributed by atoms with Gasteiger partial charge >= 0.3 is 0 Å². The van der Waals surface area contributed by atoms with Gasteiger partial charge in [-0.25, -0.2) is 4.98 Å². The standard InChI is InChI=1S/C11H19N3O/c15-9-8-14(11-2-1-3-11)7-6-13-5-4-12-10-13/h4-5,10-11,15H,1-3,6-9H2. The Hall–Kier alpha value is -0.870. The fourth-order valence-corrected chi connectivity index (χ4v) is 2.02. The minimum atomic E-state index is 0.264. The minimum absolute atomic E-state index is 0.264. The van der Waals surface area contributed by atoms with Crippen molar-refractivity contribution in [1.82, 2.24) is 14.5 Å². The van der Waals surface area contributed by atoms with Crippen LogP contribution < -0.4 is 0 Å². The van der Waals surface area contributed by atoms with Crippen molar-refractivity contribution in [2.24, 2.45) is 0 Å². The summed E-state index contributed by atoms with van der Waals surface area (Å²) < 4.78 is 2.09. The van der Waals surface area contributed by atoms with Gasteiger partial charge in [-0.15, -0.1) is 0 Å². The zero-order chi connectivity index (χ0) is 10.5. The number of hydrogen-bond donors (Lipinski definition) is 1. The van der Waals surface area contributed by atoms with Crippen LogP contribution in [0.5, 0.6) is 0 Å². The number of nitrogens with zero attached hydrogens (tertiary/aromatic N) is 3. The molecular formula is C11H19N3O. The van der Waals surface area contributed by atoms with Crippen LogP contribution in [0.15, 0.2) is 18.7 Å². The number of aliphatic hydroxyl groups is 1. The van der Waals surface area contributed by atoms with Gasteiger partial charge in [-0.2, -0.15) is 0 Å². The average Bonchev–Trinajstić information content (AvgIpc) is 2.64. The lowest BCUT2D eigenvalue weighted by atomic mass is 9.91. The average molecular weight is 209 g/mol. The van der Waals surface area contributed by atoms with Crippen molar-refractivity contribution in [3.8, 4) is 0 Å². The summed E-state index contributed by atoms with van der Waals surface area (Å²) >= 11 is 0. The first-order valence-electron chi connectivity index (χ1n) is 5.71. The highest BCUT2D eigenvalue weighted by atomic mass is 16.3. The van der Waals surface area contributed by atoms with Gasteiger partial charge in [0.1, 0.15) is 0 Å². The fourth-order valence-electron chi connectivity index (χ4n) is 2.02. The Balaban J connectivity index is 1.78. The molecule has 0 atom stereocenters. The molecule has 15 heavy (non-hydrogen) atoms. The summed E-state index contributed by atoms with van der Waals surface area (Å²) in [6.07, 6.45) is 9.57. The van der Waals surface area contributed by atoms with Crippen LogP contribution in [0.25, 0.3) is 0 Å². The van der Waals surface area contributed by atoms with Crippen LogP contribution in [0.1, 0.15) is 19.3 Å². The normalized spacial score (nSPS) is 16.9. The van der Waals surface area contributed by atoms with Crippen molar-refractivity contribution < 1.29 is 5.11 Å². The van der Waals surface area contributed by atoms with Crippen molar-refractivity contribution in [2.75, 3.05) is 19.7 Å². The van der Waals surface area contributed by atoms with Crippen LogP contribution in [0.4, 0.5) is 0 Å². The van der Waals surface area contributed by atoms with Crippen molar-refractivity contribution in [3.05, 3.63) is 18.7 Å². The number of aliphatic hydroxyl groups excluding tert-OH is 1. The predicted octanol–water partition coefficient (Wildman–Crippen LogP) is 0.730. The van der Waals surface area contributed by atoms with E-state index >= 15 is 0 Å². The third-order valence-electron chi connectivity index (χ3n) is 3.18. The highest BCUT2D eigenvalue weighted by molar-refractivity contribution is 4.81. The molecule has 1 aliphatic rings. The van der Waals surface area contributed by atoms with Crippen LogP contribution in [-0.4, -0.2) is 45.3 Å². The maximum atomic E-state index is 9.00. The molecule has 1 heterocycles. The van der Waals surface area contributed by atoms with E-state index in [0.29, 0.717) is 6.04 Å². The summed E-state index contributed by atoms with van der Waals surface area (Å²) in [7, 11) is 0. The topological polar surface area (TPSA) is 41.3 Å². The highest BCUT2D eigenvalue weighted by Gasteiger charge is 2.23. The molecule has 0 unspecified atom stereocenters. The van der Waals surface area contributed by atoms with Gasteiger partial charge in [-0.05, 0) is 12.8 Å². The van der Waals surface area contributed by atoms with E-state index in [-0.39, 0.29) is 6.61 Å². The van der Waals surface area contributed by atoms with E-state index in [1.807, 2.05) is 12.5 Å². The molecule has 0 bridgehead atoms.